The molecule has 0 radical (unpaired) electrons. The van der Waals surface area contributed by atoms with E-state index < -0.39 is 0 Å². The van der Waals surface area contributed by atoms with Crippen LogP contribution in [0, 0.1) is 5.82 Å². The molecule has 2 N–H and O–H groups in total. The second-order valence-electron chi connectivity index (χ2n) is 5.64. The average molecular weight is 409 g/mol. The zero-order chi connectivity index (χ0) is 17.8. The summed E-state index contributed by atoms with van der Waals surface area (Å²) in [5, 5.41) is 4.04. The van der Waals surface area contributed by atoms with Gasteiger partial charge >= 0.3 is 0 Å². The number of ether oxygens (including phenoxy) is 1. The number of aromatic nitrogens is 1. The number of anilines is 1. The predicted octanol–water partition coefficient (Wildman–Crippen LogP) is 2.91. The van der Waals surface area contributed by atoms with Gasteiger partial charge in [0.25, 0.3) is 5.91 Å². The summed E-state index contributed by atoms with van der Waals surface area (Å²) in [7, 11) is 0. The summed E-state index contributed by atoms with van der Waals surface area (Å²) >= 11 is 3.26. The van der Waals surface area contributed by atoms with Gasteiger partial charge in [-0.1, -0.05) is 6.07 Å². The molecule has 1 aromatic heterocycles. The van der Waals surface area contributed by atoms with Crippen LogP contribution in [0.3, 0.4) is 0 Å². The fraction of sp³-hybridized carbons (Fsp3) is 0.294. The fourth-order valence-electron chi connectivity index (χ4n) is 2.55. The highest BCUT2D eigenvalue weighted by Crippen LogP contribution is 2.22. The molecule has 1 saturated heterocycles. The molecule has 8 heteroatoms. The van der Waals surface area contributed by atoms with E-state index in [-0.39, 0.29) is 11.7 Å². The molecule has 0 saturated carbocycles. The van der Waals surface area contributed by atoms with Crippen LogP contribution in [0.25, 0.3) is 0 Å². The van der Waals surface area contributed by atoms with E-state index in [2.05, 4.69) is 31.4 Å². The Kier molecular flexibility index (Phi) is 5.50. The lowest BCUT2D eigenvalue weighted by Crippen LogP contribution is -2.36. The topological polar surface area (TPSA) is 69.7 Å². The number of carbonyl (C=O) groups is 1. The third-order valence-electron chi connectivity index (χ3n) is 3.93. The number of nitrogens with zero attached hydrogens (tertiary/aromatic N) is 2. The first kappa shape index (κ1) is 17.6. The van der Waals surface area contributed by atoms with Gasteiger partial charge in [0.2, 0.25) is 0 Å². The number of benzene rings is 1. The zero-order valence-corrected chi connectivity index (χ0v) is 15.3. The third kappa shape index (κ3) is 4.26. The monoisotopic (exact) mass is 408 g/mol. The molecule has 1 amide bonds. The number of hydrazone groups is 1. The number of H-pyrrole nitrogens is 1. The maximum Gasteiger partial charge on any atom is 0.287 e. The average Bonchev–Trinajstić information content (AvgIpc) is 3.06. The minimum absolute atomic E-state index is 0.312. The second kappa shape index (κ2) is 7.79. The van der Waals surface area contributed by atoms with E-state index in [4.69, 9.17) is 4.74 Å². The van der Waals surface area contributed by atoms with E-state index >= 15 is 0 Å². The molecule has 6 nitrogen and oxygen atoms in total. The van der Waals surface area contributed by atoms with Crippen molar-refractivity contribution >= 4 is 33.2 Å². The summed E-state index contributed by atoms with van der Waals surface area (Å²) in [6.45, 7) is 4.26. The Hall–Kier alpha value is -2.19. The Morgan fingerprint density at radius 3 is 2.76 bits per heavy atom. The molecule has 1 aliphatic rings. The van der Waals surface area contributed by atoms with Gasteiger partial charge in [-0.15, -0.1) is 0 Å². The van der Waals surface area contributed by atoms with Crippen LogP contribution in [0.2, 0.25) is 0 Å². The van der Waals surface area contributed by atoms with Crippen LogP contribution in [0.15, 0.2) is 40.0 Å². The van der Waals surface area contributed by atoms with Crippen molar-refractivity contribution in [3.8, 4) is 0 Å². The van der Waals surface area contributed by atoms with E-state index in [1.807, 2.05) is 4.90 Å². The SMILES string of the molecule is C/C(=N/NC(=O)c1cc(Br)c[nH]1)c1ccc(N2CCOCC2)c(F)c1. The van der Waals surface area contributed by atoms with Gasteiger partial charge in [0.1, 0.15) is 11.5 Å². The minimum atomic E-state index is -0.365. The molecule has 0 unspecified atom stereocenters. The highest BCUT2D eigenvalue weighted by atomic mass is 79.9. The Morgan fingerprint density at radius 1 is 1.36 bits per heavy atom. The number of amides is 1. The summed E-state index contributed by atoms with van der Waals surface area (Å²) in [5.41, 5.74) is 4.53. The van der Waals surface area contributed by atoms with Crippen LogP contribution < -0.4 is 10.3 Å². The standard InChI is InChI=1S/C17H18BrFN4O2/c1-11(21-22-17(24)15-9-13(18)10-20-15)12-2-3-16(14(19)8-12)23-4-6-25-7-5-23/h2-3,8-10,20H,4-7H2,1H3,(H,22,24)/b21-11-. The molecular weight excluding hydrogens is 391 g/mol. The Morgan fingerprint density at radius 2 is 2.12 bits per heavy atom. The quantitative estimate of drug-likeness (QED) is 0.603. The first-order chi connectivity index (χ1) is 12.0. The number of halogens is 2. The van der Waals surface area contributed by atoms with Crippen molar-refractivity contribution < 1.29 is 13.9 Å². The fourth-order valence-corrected chi connectivity index (χ4v) is 2.89. The van der Waals surface area contributed by atoms with Crippen LogP contribution in [-0.2, 0) is 4.74 Å². The van der Waals surface area contributed by atoms with Crippen molar-refractivity contribution in [3.05, 3.63) is 52.0 Å². The Bertz CT molecular complexity index is 800. The van der Waals surface area contributed by atoms with Crippen molar-refractivity contribution in [1.29, 1.82) is 0 Å². The van der Waals surface area contributed by atoms with Gasteiger partial charge in [0.05, 0.1) is 24.6 Å². The molecule has 0 aliphatic carbocycles. The molecule has 1 aliphatic heterocycles. The van der Waals surface area contributed by atoms with Crippen LogP contribution in [0.4, 0.5) is 10.1 Å². The molecule has 0 bridgehead atoms. The normalized spacial score (nSPS) is 15.3. The number of morpholine rings is 1. The third-order valence-corrected chi connectivity index (χ3v) is 4.39. The van der Waals surface area contributed by atoms with E-state index in [0.717, 1.165) is 4.47 Å². The van der Waals surface area contributed by atoms with Crippen molar-refractivity contribution in [1.82, 2.24) is 10.4 Å². The number of carbonyl (C=O) groups excluding carboxylic acids is 1. The van der Waals surface area contributed by atoms with Crippen LogP contribution in [0.5, 0.6) is 0 Å². The van der Waals surface area contributed by atoms with E-state index in [0.29, 0.717) is 49.0 Å². The molecule has 2 aromatic rings. The summed E-state index contributed by atoms with van der Waals surface area (Å²) in [5.74, 6) is -0.677. The lowest BCUT2D eigenvalue weighted by molar-refractivity contribution is 0.0950. The molecule has 132 valence electrons. The summed E-state index contributed by atoms with van der Waals surface area (Å²) in [4.78, 5) is 16.7. The van der Waals surface area contributed by atoms with Crippen molar-refractivity contribution in [2.45, 2.75) is 6.92 Å². The molecule has 0 atom stereocenters. The van der Waals surface area contributed by atoms with E-state index in [9.17, 15) is 9.18 Å². The highest BCUT2D eigenvalue weighted by Gasteiger charge is 2.16. The molecule has 25 heavy (non-hydrogen) atoms. The van der Waals surface area contributed by atoms with Gasteiger partial charge in [0, 0.05) is 29.3 Å². The molecule has 2 heterocycles. The van der Waals surface area contributed by atoms with Crippen molar-refractivity contribution in [3.63, 3.8) is 0 Å². The summed E-state index contributed by atoms with van der Waals surface area (Å²) in [6, 6.07) is 6.61. The maximum absolute atomic E-state index is 14.4. The van der Waals surface area contributed by atoms with Crippen LogP contribution >= 0.6 is 15.9 Å². The largest absolute Gasteiger partial charge is 0.378 e. The smallest absolute Gasteiger partial charge is 0.287 e. The van der Waals surface area contributed by atoms with Gasteiger partial charge in [0.15, 0.2) is 0 Å². The van der Waals surface area contributed by atoms with Crippen molar-refractivity contribution in [2.24, 2.45) is 5.10 Å². The van der Waals surface area contributed by atoms with Gasteiger partial charge in [-0.25, -0.2) is 9.82 Å². The predicted molar refractivity (Wildman–Crippen MR) is 97.6 cm³/mol. The first-order valence-corrected chi connectivity index (χ1v) is 8.65. The zero-order valence-electron chi connectivity index (χ0n) is 13.7. The molecule has 1 aromatic carbocycles. The van der Waals surface area contributed by atoms with Gasteiger partial charge in [-0.3, -0.25) is 4.79 Å². The lowest BCUT2D eigenvalue weighted by Gasteiger charge is -2.29. The summed E-state index contributed by atoms with van der Waals surface area (Å²) in [6.07, 6.45) is 1.66. The van der Waals surface area contributed by atoms with Gasteiger partial charge in [-0.2, -0.15) is 5.10 Å². The Labute approximate surface area is 153 Å². The first-order valence-electron chi connectivity index (χ1n) is 7.86. The molecule has 0 spiro atoms. The molecule has 1 fully saturated rings. The highest BCUT2D eigenvalue weighted by molar-refractivity contribution is 9.10. The minimum Gasteiger partial charge on any atom is -0.378 e. The molecular formula is C17H18BrFN4O2. The van der Waals surface area contributed by atoms with Gasteiger partial charge in [-0.05, 0) is 41.1 Å². The molecule has 3 rings (SSSR count). The number of nitrogens with one attached hydrogen (secondary N) is 2. The number of hydrogen-bond donors (Lipinski definition) is 2. The van der Waals surface area contributed by atoms with E-state index in [1.54, 1.807) is 31.3 Å². The number of rotatable bonds is 4. The van der Waals surface area contributed by atoms with Crippen LogP contribution in [-0.4, -0.2) is 42.9 Å². The number of hydrogen-bond acceptors (Lipinski definition) is 4. The Balaban J connectivity index is 1.70. The van der Waals surface area contributed by atoms with Crippen molar-refractivity contribution in [2.75, 3.05) is 31.2 Å². The van der Waals surface area contributed by atoms with Gasteiger partial charge < -0.3 is 14.6 Å². The van der Waals surface area contributed by atoms with Crippen LogP contribution in [0.1, 0.15) is 23.0 Å². The van der Waals surface area contributed by atoms with E-state index in [1.165, 1.54) is 6.07 Å². The maximum atomic E-state index is 14.4. The summed E-state index contributed by atoms with van der Waals surface area (Å²) < 4.78 is 20.5. The number of aromatic amines is 1. The lowest BCUT2D eigenvalue weighted by atomic mass is 10.1. The second-order valence-corrected chi connectivity index (χ2v) is 6.55.